The average Bonchev–Trinajstić information content (AvgIpc) is 2.71. The van der Waals surface area contributed by atoms with Gasteiger partial charge in [0.15, 0.2) is 5.96 Å². The summed E-state index contributed by atoms with van der Waals surface area (Å²) >= 11 is 0. The molecule has 28 heavy (non-hydrogen) atoms. The van der Waals surface area contributed by atoms with Crippen molar-refractivity contribution in [1.82, 2.24) is 16.0 Å². The Morgan fingerprint density at radius 3 is 2.57 bits per heavy atom. The lowest BCUT2D eigenvalue weighted by molar-refractivity contribution is -0.133. The fourth-order valence-electron chi connectivity index (χ4n) is 4.21. The van der Waals surface area contributed by atoms with E-state index in [1.165, 1.54) is 0 Å². The summed E-state index contributed by atoms with van der Waals surface area (Å²) in [6.07, 6.45) is 3.48. The van der Waals surface area contributed by atoms with E-state index in [1.54, 1.807) is 7.05 Å². The van der Waals surface area contributed by atoms with E-state index in [4.69, 9.17) is 4.74 Å². The van der Waals surface area contributed by atoms with Gasteiger partial charge in [-0.25, -0.2) is 0 Å². The third-order valence-electron chi connectivity index (χ3n) is 5.99. The number of benzene rings is 1. The van der Waals surface area contributed by atoms with Crippen LogP contribution in [0.15, 0.2) is 29.3 Å². The van der Waals surface area contributed by atoms with Crippen LogP contribution >= 0.6 is 0 Å². The van der Waals surface area contributed by atoms with Gasteiger partial charge in [0, 0.05) is 43.8 Å². The van der Waals surface area contributed by atoms with Gasteiger partial charge in [-0.3, -0.25) is 9.79 Å². The minimum atomic E-state index is -0.0426. The van der Waals surface area contributed by atoms with Gasteiger partial charge in [-0.1, -0.05) is 26.0 Å². The third-order valence-corrected chi connectivity index (χ3v) is 5.99. The standard InChI is InChI=1S/C22H36N4O2/c1-6-22(7-2)18(14-19(22)28-9-4)26-21(23-5)25-15-16-11-10-12-17(13-16)20(27)24-8-3/h10-13,18-19H,6-9,14-15H2,1-5H3,(H,24,27)(H2,23,25,26). The molecule has 0 radical (unpaired) electrons. The minimum Gasteiger partial charge on any atom is -0.378 e. The highest BCUT2D eigenvalue weighted by molar-refractivity contribution is 5.94. The summed E-state index contributed by atoms with van der Waals surface area (Å²) < 4.78 is 5.97. The lowest BCUT2D eigenvalue weighted by Crippen LogP contribution is -2.65. The van der Waals surface area contributed by atoms with Gasteiger partial charge in [-0.15, -0.1) is 0 Å². The summed E-state index contributed by atoms with van der Waals surface area (Å²) in [7, 11) is 1.79. The first-order chi connectivity index (χ1) is 13.5. The molecular formula is C22H36N4O2. The van der Waals surface area contributed by atoms with Crippen LogP contribution in [-0.4, -0.2) is 44.2 Å². The molecule has 3 N–H and O–H groups in total. The van der Waals surface area contributed by atoms with E-state index >= 15 is 0 Å². The number of hydrogen-bond donors (Lipinski definition) is 3. The van der Waals surface area contributed by atoms with Crippen molar-refractivity contribution in [3.05, 3.63) is 35.4 Å². The molecule has 0 saturated heterocycles. The van der Waals surface area contributed by atoms with Crippen molar-refractivity contribution in [2.45, 2.75) is 65.6 Å². The summed E-state index contributed by atoms with van der Waals surface area (Å²) in [5, 5.41) is 9.81. The molecule has 2 rings (SSSR count). The number of nitrogens with one attached hydrogen (secondary N) is 3. The molecule has 6 nitrogen and oxygen atoms in total. The van der Waals surface area contributed by atoms with E-state index < -0.39 is 0 Å². The van der Waals surface area contributed by atoms with Crippen LogP contribution in [0.1, 0.15) is 62.9 Å². The van der Waals surface area contributed by atoms with Crippen molar-refractivity contribution >= 4 is 11.9 Å². The highest BCUT2D eigenvalue weighted by Crippen LogP contribution is 2.48. The first-order valence-electron chi connectivity index (χ1n) is 10.5. The molecular weight excluding hydrogens is 352 g/mol. The fraction of sp³-hybridized carbons (Fsp3) is 0.636. The zero-order chi connectivity index (χ0) is 20.6. The number of ether oxygens (including phenoxy) is 1. The smallest absolute Gasteiger partial charge is 0.251 e. The molecule has 1 amide bonds. The molecule has 0 aliphatic heterocycles. The monoisotopic (exact) mass is 388 g/mol. The van der Waals surface area contributed by atoms with Crippen molar-refractivity contribution in [1.29, 1.82) is 0 Å². The van der Waals surface area contributed by atoms with E-state index in [2.05, 4.69) is 41.7 Å². The van der Waals surface area contributed by atoms with Gasteiger partial charge in [0.2, 0.25) is 0 Å². The Bertz CT molecular complexity index is 670. The Morgan fingerprint density at radius 2 is 1.96 bits per heavy atom. The van der Waals surface area contributed by atoms with Crippen LogP contribution in [-0.2, 0) is 11.3 Å². The van der Waals surface area contributed by atoms with Gasteiger partial charge in [-0.2, -0.15) is 0 Å². The lowest BCUT2D eigenvalue weighted by atomic mass is 9.58. The zero-order valence-electron chi connectivity index (χ0n) is 18.0. The molecule has 6 heteroatoms. The Labute approximate surface area is 169 Å². The third kappa shape index (κ3) is 4.85. The van der Waals surface area contributed by atoms with Crippen LogP contribution in [0.2, 0.25) is 0 Å². The van der Waals surface area contributed by atoms with E-state index in [1.807, 2.05) is 31.2 Å². The molecule has 0 spiro atoms. The highest BCUT2D eigenvalue weighted by atomic mass is 16.5. The van der Waals surface area contributed by atoms with Gasteiger partial charge in [0.1, 0.15) is 0 Å². The van der Waals surface area contributed by atoms with Crippen LogP contribution in [0.4, 0.5) is 0 Å². The van der Waals surface area contributed by atoms with E-state index in [9.17, 15) is 4.79 Å². The number of carbonyl (C=O) groups excluding carboxylic acids is 1. The molecule has 156 valence electrons. The number of guanidine groups is 1. The zero-order valence-corrected chi connectivity index (χ0v) is 18.0. The predicted octanol–water partition coefficient (Wildman–Crippen LogP) is 3.09. The summed E-state index contributed by atoms with van der Waals surface area (Å²) in [4.78, 5) is 16.4. The lowest BCUT2D eigenvalue weighted by Gasteiger charge is -2.55. The van der Waals surface area contributed by atoms with Gasteiger partial charge < -0.3 is 20.7 Å². The largest absolute Gasteiger partial charge is 0.378 e. The van der Waals surface area contributed by atoms with Crippen LogP contribution in [0.25, 0.3) is 0 Å². The maximum absolute atomic E-state index is 12.0. The molecule has 1 saturated carbocycles. The van der Waals surface area contributed by atoms with E-state index in [0.717, 1.165) is 37.4 Å². The minimum absolute atomic E-state index is 0.0426. The van der Waals surface area contributed by atoms with Gasteiger partial charge in [0.25, 0.3) is 5.91 Å². The van der Waals surface area contributed by atoms with Crippen molar-refractivity contribution in [2.24, 2.45) is 10.4 Å². The Kier molecular flexibility index (Phi) is 8.30. The summed E-state index contributed by atoms with van der Waals surface area (Å²) in [6.45, 7) is 10.5. The molecule has 0 heterocycles. The molecule has 0 bridgehead atoms. The topological polar surface area (TPSA) is 74.8 Å². The number of rotatable bonds is 9. The molecule has 2 unspecified atom stereocenters. The Balaban J connectivity index is 1.97. The van der Waals surface area contributed by atoms with Crippen LogP contribution < -0.4 is 16.0 Å². The van der Waals surface area contributed by atoms with Crippen molar-refractivity contribution in [2.75, 3.05) is 20.2 Å². The number of hydrogen-bond acceptors (Lipinski definition) is 3. The molecule has 2 atom stereocenters. The number of nitrogens with zero attached hydrogens (tertiary/aromatic N) is 1. The van der Waals surface area contributed by atoms with Crippen LogP contribution in [0.5, 0.6) is 0 Å². The maximum Gasteiger partial charge on any atom is 0.251 e. The number of carbonyl (C=O) groups is 1. The molecule has 1 aliphatic carbocycles. The van der Waals surface area contributed by atoms with Gasteiger partial charge in [0.05, 0.1) is 6.10 Å². The van der Waals surface area contributed by atoms with Gasteiger partial charge >= 0.3 is 0 Å². The SMILES string of the molecule is CCNC(=O)c1cccc(CNC(=NC)NC2CC(OCC)C2(CC)CC)c1. The highest BCUT2D eigenvalue weighted by Gasteiger charge is 2.53. The number of amides is 1. The molecule has 1 fully saturated rings. The van der Waals surface area contributed by atoms with Crippen LogP contribution in [0.3, 0.4) is 0 Å². The van der Waals surface area contributed by atoms with Crippen LogP contribution in [0, 0.1) is 5.41 Å². The Hall–Kier alpha value is -2.08. The second-order valence-corrected chi connectivity index (χ2v) is 7.30. The molecule has 1 aromatic rings. The summed E-state index contributed by atoms with van der Waals surface area (Å²) in [5.74, 6) is 0.744. The summed E-state index contributed by atoms with van der Waals surface area (Å²) in [6, 6.07) is 8.03. The second kappa shape index (κ2) is 10.5. The molecule has 0 aromatic heterocycles. The normalized spacial score (nSPS) is 21.0. The number of aliphatic imine (C=N–C) groups is 1. The second-order valence-electron chi connectivity index (χ2n) is 7.30. The van der Waals surface area contributed by atoms with Crippen molar-refractivity contribution in [3.8, 4) is 0 Å². The van der Waals surface area contributed by atoms with Gasteiger partial charge in [-0.05, 0) is 50.8 Å². The van der Waals surface area contributed by atoms with Crippen molar-refractivity contribution < 1.29 is 9.53 Å². The van der Waals surface area contributed by atoms with Crippen molar-refractivity contribution in [3.63, 3.8) is 0 Å². The first kappa shape index (κ1) is 22.2. The van der Waals surface area contributed by atoms with E-state index in [0.29, 0.717) is 30.8 Å². The molecule has 1 aliphatic rings. The Morgan fingerprint density at radius 1 is 1.21 bits per heavy atom. The summed E-state index contributed by atoms with van der Waals surface area (Å²) in [5.41, 5.74) is 1.88. The first-order valence-corrected chi connectivity index (χ1v) is 10.5. The molecule has 1 aromatic carbocycles. The fourth-order valence-corrected chi connectivity index (χ4v) is 4.21. The quantitative estimate of drug-likeness (QED) is 0.449. The maximum atomic E-state index is 12.0. The predicted molar refractivity (Wildman–Crippen MR) is 115 cm³/mol. The average molecular weight is 389 g/mol. The van der Waals surface area contributed by atoms with E-state index in [-0.39, 0.29) is 11.3 Å².